The van der Waals surface area contributed by atoms with Crippen LogP contribution in [0.15, 0.2) is 86.8 Å². The number of rotatable bonds is 5. The fourth-order valence-corrected chi connectivity index (χ4v) is 5.19. The smallest absolute Gasteiger partial charge is 0.271 e. The molecule has 0 bridgehead atoms. The summed E-state index contributed by atoms with van der Waals surface area (Å²) in [6.07, 6.45) is 1.48. The second-order valence-corrected chi connectivity index (χ2v) is 9.51. The van der Waals surface area contributed by atoms with Crippen LogP contribution in [-0.4, -0.2) is 23.1 Å². The van der Waals surface area contributed by atoms with Crippen LogP contribution < -0.4 is 10.3 Å². The Kier molecular flexibility index (Phi) is 5.93. The molecule has 0 radical (unpaired) electrons. The molecule has 1 heterocycles. The van der Waals surface area contributed by atoms with Crippen molar-refractivity contribution < 1.29 is 14.7 Å². The molecule has 8 heteroatoms. The molecule has 0 saturated heterocycles. The van der Waals surface area contributed by atoms with Crippen molar-refractivity contribution in [3.8, 4) is 5.75 Å². The summed E-state index contributed by atoms with van der Waals surface area (Å²) < 4.78 is 1.03. The number of aromatic hydroxyl groups is 1. The Balaban J connectivity index is 1.27. The summed E-state index contributed by atoms with van der Waals surface area (Å²) in [7, 11) is 0. The van der Waals surface area contributed by atoms with Crippen LogP contribution in [0.2, 0.25) is 0 Å². The van der Waals surface area contributed by atoms with E-state index in [2.05, 4.69) is 42.4 Å². The number of hydrogen-bond donors (Lipinski definition) is 2. The standard InChI is InChI=1S/C26H17Br2N3O3/c27-20-11-16(12-21(28)24(20)32)13-29-30-25(33)18-9-7-15(8-10-18)14-31-22-6-2-4-17-3-1-5-19(23(17)22)26(31)34/h1-13,32H,14H2,(H,30,33). The topological polar surface area (TPSA) is 82.0 Å². The predicted molar refractivity (Wildman–Crippen MR) is 139 cm³/mol. The first-order chi connectivity index (χ1) is 16.4. The number of hydrogen-bond acceptors (Lipinski definition) is 4. The minimum atomic E-state index is -0.353. The Morgan fingerprint density at radius 1 is 1.00 bits per heavy atom. The van der Waals surface area contributed by atoms with Gasteiger partial charge in [-0.15, -0.1) is 0 Å². The molecule has 168 valence electrons. The van der Waals surface area contributed by atoms with Gasteiger partial charge in [0.25, 0.3) is 11.8 Å². The Morgan fingerprint density at radius 3 is 2.38 bits per heavy atom. The second kappa shape index (κ2) is 9.04. The third kappa shape index (κ3) is 4.10. The Bertz CT molecular complexity index is 1450. The Hall–Kier alpha value is -3.49. The maximum absolute atomic E-state index is 13.0. The SMILES string of the molecule is O=C(NN=Cc1cc(Br)c(O)c(Br)c1)c1ccc(CN2C(=O)c3cccc4cccc2c34)cc1. The summed E-state index contributed by atoms with van der Waals surface area (Å²) in [4.78, 5) is 27.2. The normalized spacial score (nSPS) is 12.6. The van der Waals surface area contributed by atoms with Gasteiger partial charge in [0.2, 0.25) is 0 Å². The molecule has 6 nitrogen and oxygen atoms in total. The zero-order chi connectivity index (χ0) is 23.8. The highest BCUT2D eigenvalue weighted by Crippen LogP contribution is 2.38. The highest BCUT2D eigenvalue weighted by molar-refractivity contribution is 9.11. The van der Waals surface area contributed by atoms with Gasteiger partial charge in [0.1, 0.15) is 5.75 Å². The van der Waals surface area contributed by atoms with Crippen molar-refractivity contribution in [2.75, 3.05) is 4.90 Å². The highest BCUT2D eigenvalue weighted by atomic mass is 79.9. The van der Waals surface area contributed by atoms with Crippen molar-refractivity contribution >= 4 is 66.3 Å². The van der Waals surface area contributed by atoms with E-state index in [1.54, 1.807) is 29.2 Å². The van der Waals surface area contributed by atoms with Gasteiger partial charge in [0.15, 0.2) is 0 Å². The minimum absolute atomic E-state index is 0.0181. The van der Waals surface area contributed by atoms with Gasteiger partial charge in [0, 0.05) is 16.5 Å². The van der Waals surface area contributed by atoms with Crippen molar-refractivity contribution in [3.63, 3.8) is 0 Å². The Morgan fingerprint density at radius 2 is 1.68 bits per heavy atom. The number of anilines is 1. The van der Waals surface area contributed by atoms with Gasteiger partial charge in [-0.2, -0.15) is 5.10 Å². The maximum atomic E-state index is 13.0. The predicted octanol–water partition coefficient (Wildman–Crippen LogP) is 5.99. The van der Waals surface area contributed by atoms with Gasteiger partial charge < -0.3 is 10.0 Å². The maximum Gasteiger partial charge on any atom is 0.271 e. The molecule has 0 unspecified atom stereocenters. The lowest BCUT2D eigenvalue weighted by molar-refractivity contribution is 0.0953. The molecule has 4 aromatic rings. The highest BCUT2D eigenvalue weighted by Gasteiger charge is 2.29. The van der Waals surface area contributed by atoms with E-state index in [0.717, 1.165) is 27.6 Å². The molecule has 34 heavy (non-hydrogen) atoms. The lowest BCUT2D eigenvalue weighted by Crippen LogP contribution is -2.26. The summed E-state index contributed by atoms with van der Waals surface area (Å²) in [6.45, 7) is 0.414. The molecule has 0 fully saturated rings. The first-order valence-corrected chi connectivity index (χ1v) is 11.9. The number of amides is 2. The molecular formula is C26H17Br2N3O3. The third-order valence-electron chi connectivity index (χ3n) is 5.62. The lowest BCUT2D eigenvalue weighted by atomic mass is 10.1. The van der Waals surface area contributed by atoms with Crippen molar-refractivity contribution in [2.45, 2.75) is 6.54 Å². The quantitative estimate of drug-likeness (QED) is 0.225. The van der Waals surface area contributed by atoms with Crippen LogP contribution >= 0.6 is 31.9 Å². The van der Waals surface area contributed by atoms with Crippen molar-refractivity contribution in [2.24, 2.45) is 5.10 Å². The third-order valence-corrected chi connectivity index (χ3v) is 6.83. The first kappa shape index (κ1) is 22.3. The molecule has 5 rings (SSSR count). The largest absolute Gasteiger partial charge is 0.506 e. The molecule has 0 atom stereocenters. The van der Waals surface area contributed by atoms with Crippen LogP contribution in [0, 0.1) is 0 Å². The molecule has 0 saturated carbocycles. The van der Waals surface area contributed by atoms with E-state index in [4.69, 9.17) is 0 Å². The molecule has 1 aliphatic rings. The second-order valence-electron chi connectivity index (χ2n) is 7.80. The molecule has 2 N–H and O–H groups in total. The van der Waals surface area contributed by atoms with E-state index in [1.807, 2.05) is 48.5 Å². The number of carbonyl (C=O) groups is 2. The monoisotopic (exact) mass is 577 g/mol. The van der Waals surface area contributed by atoms with Gasteiger partial charge in [-0.3, -0.25) is 9.59 Å². The zero-order valence-corrected chi connectivity index (χ0v) is 20.8. The summed E-state index contributed by atoms with van der Waals surface area (Å²) >= 11 is 6.52. The van der Waals surface area contributed by atoms with E-state index >= 15 is 0 Å². The van der Waals surface area contributed by atoms with Crippen LogP contribution in [0.1, 0.15) is 31.8 Å². The summed E-state index contributed by atoms with van der Waals surface area (Å²) in [6, 6.07) is 22.2. The van der Waals surface area contributed by atoms with E-state index in [9.17, 15) is 14.7 Å². The fourth-order valence-electron chi connectivity index (χ4n) is 3.97. The van der Waals surface area contributed by atoms with Gasteiger partial charge in [-0.1, -0.05) is 36.4 Å². The number of carbonyl (C=O) groups excluding carboxylic acids is 2. The zero-order valence-electron chi connectivity index (χ0n) is 17.6. The summed E-state index contributed by atoms with van der Waals surface area (Å²) in [5.41, 5.74) is 6.18. The lowest BCUT2D eigenvalue weighted by Gasteiger charge is -2.18. The van der Waals surface area contributed by atoms with Gasteiger partial charge >= 0.3 is 0 Å². The van der Waals surface area contributed by atoms with Crippen molar-refractivity contribution in [3.05, 3.63) is 104 Å². The number of nitrogens with one attached hydrogen (secondary N) is 1. The number of benzene rings is 4. The molecular weight excluding hydrogens is 562 g/mol. The van der Waals surface area contributed by atoms with E-state index in [1.165, 1.54) is 6.21 Å². The number of phenolic OH excluding ortho intramolecular Hbond substituents is 1. The first-order valence-electron chi connectivity index (χ1n) is 10.4. The van der Waals surface area contributed by atoms with Crippen LogP contribution in [0.25, 0.3) is 10.8 Å². The van der Waals surface area contributed by atoms with E-state index in [-0.39, 0.29) is 17.6 Å². The van der Waals surface area contributed by atoms with Crippen molar-refractivity contribution in [1.29, 1.82) is 0 Å². The average Bonchev–Trinajstić information content (AvgIpc) is 3.11. The number of phenols is 1. The molecule has 4 aromatic carbocycles. The number of nitrogens with zero attached hydrogens (tertiary/aromatic N) is 2. The molecule has 1 aliphatic heterocycles. The summed E-state index contributed by atoms with van der Waals surface area (Å²) in [5.74, 6) is -0.276. The van der Waals surface area contributed by atoms with Crippen LogP contribution in [-0.2, 0) is 6.54 Å². The van der Waals surface area contributed by atoms with Gasteiger partial charge in [-0.05, 0) is 84.8 Å². The summed E-state index contributed by atoms with van der Waals surface area (Å²) in [5, 5.41) is 15.8. The van der Waals surface area contributed by atoms with Gasteiger partial charge in [-0.25, -0.2) is 5.43 Å². The van der Waals surface area contributed by atoms with E-state index in [0.29, 0.717) is 26.6 Å². The van der Waals surface area contributed by atoms with Gasteiger partial charge in [0.05, 0.1) is 27.4 Å². The molecule has 2 amide bonds. The van der Waals surface area contributed by atoms with Crippen LogP contribution in [0.3, 0.4) is 0 Å². The molecule has 0 aromatic heterocycles. The average molecular weight is 579 g/mol. The minimum Gasteiger partial charge on any atom is -0.506 e. The van der Waals surface area contributed by atoms with Crippen LogP contribution in [0.4, 0.5) is 5.69 Å². The molecule has 0 spiro atoms. The van der Waals surface area contributed by atoms with E-state index < -0.39 is 0 Å². The molecule has 0 aliphatic carbocycles. The van der Waals surface area contributed by atoms with Crippen molar-refractivity contribution in [1.82, 2.24) is 5.43 Å². The number of halogens is 2. The number of hydrazone groups is 1. The Labute approximate surface area is 212 Å². The fraction of sp³-hybridized carbons (Fsp3) is 0.0385. The van der Waals surface area contributed by atoms with Crippen LogP contribution in [0.5, 0.6) is 5.75 Å².